The van der Waals surface area contributed by atoms with Gasteiger partial charge in [-0.15, -0.1) is 0 Å². The van der Waals surface area contributed by atoms with Crippen molar-refractivity contribution in [1.82, 2.24) is 10.0 Å². The van der Waals surface area contributed by atoms with E-state index in [1.54, 1.807) is 0 Å². The lowest BCUT2D eigenvalue weighted by Gasteiger charge is -2.32. The highest BCUT2D eigenvalue weighted by Crippen LogP contribution is 2.06. The largest absolute Gasteiger partial charge is 0.330 e. The average molecular weight is 192 g/mol. The normalized spacial score (nSPS) is 30.4. The number of hydrogen-bond acceptors (Lipinski definition) is 2. The molecule has 1 rings (SSSR count). The van der Waals surface area contributed by atoms with Gasteiger partial charge in [-0.05, 0) is 6.92 Å². The second-order valence-corrected chi connectivity index (χ2v) is 4.46. The van der Waals surface area contributed by atoms with E-state index in [0.717, 1.165) is 6.54 Å². The van der Waals surface area contributed by atoms with Crippen LogP contribution in [0.4, 0.5) is 4.79 Å². The fraction of sp³-hybridized carbons (Fsp3) is 0.833. The van der Waals surface area contributed by atoms with Crippen LogP contribution in [0.3, 0.4) is 0 Å². The third-order valence-corrected chi connectivity index (χ3v) is 3.05. The van der Waals surface area contributed by atoms with E-state index in [1.165, 1.54) is 0 Å². The van der Waals surface area contributed by atoms with Crippen LogP contribution in [0.1, 0.15) is 6.92 Å². The van der Waals surface area contributed by atoms with Gasteiger partial charge in [-0.1, -0.05) is 0 Å². The Morgan fingerprint density at radius 2 is 2.17 bits per heavy atom. The van der Waals surface area contributed by atoms with E-state index in [1.807, 2.05) is 21.0 Å². The lowest BCUT2D eigenvalue weighted by molar-refractivity contribution is -0.916. The molecular weight excluding hydrogens is 178 g/mol. The molecule has 0 aromatic heterocycles. The monoisotopic (exact) mass is 192 g/mol. The van der Waals surface area contributed by atoms with Crippen molar-refractivity contribution in [2.45, 2.75) is 13.2 Å². The van der Waals surface area contributed by atoms with Crippen LogP contribution in [-0.2, 0) is 11.0 Å². The Morgan fingerprint density at radius 1 is 1.58 bits per heavy atom. The van der Waals surface area contributed by atoms with E-state index < -0.39 is 16.2 Å². The van der Waals surface area contributed by atoms with Crippen molar-refractivity contribution < 1.29 is 13.5 Å². The summed E-state index contributed by atoms with van der Waals surface area (Å²) < 4.78 is 14.2. The second-order valence-electron chi connectivity index (χ2n) is 3.32. The van der Waals surface area contributed by atoms with Gasteiger partial charge in [-0.3, -0.25) is 14.6 Å². The van der Waals surface area contributed by atoms with Gasteiger partial charge in [0.2, 0.25) is 6.29 Å². The fourth-order valence-corrected chi connectivity index (χ4v) is 1.72. The zero-order valence-corrected chi connectivity index (χ0v) is 8.27. The number of carbonyl (C=O) groups excluding carboxylic acids is 1. The lowest BCUT2D eigenvalue weighted by Crippen LogP contribution is -2.58. The van der Waals surface area contributed by atoms with Crippen molar-refractivity contribution in [2.24, 2.45) is 0 Å². The predicted molar refractivity (Wildman–Crippen MR) is 46.2 cm³/mol. The number of carbonyl (C=O) groups is 1. The molecule has 6 heteroatoms. The molecule has 12 heavy (non-hydrogen) atoms. The maximum atomic E-state index is 10.9. The molecule has 0 aromatic carbocycles. The topological polar surface area (TPSA) is 58.2 Å². The molecule has 1 aliphatic rings. The molecule has 0 bridgehead atoms. The van der Waals surface area contributed by atoms with Crippen molar-refractivity contribution >= 4 is 16.2 Å². The first-order chi connectivity index (χ1) is 5.47. The van der Waals surface area contributed by atoms with E-state index in [-0.39, 0.29) is 6.29 Å². The van der Waals surface area contributed by atoms with Crippen LogP contribution in [0, 0.1) is 0 Å². The van der Waals surface area contributed by atoms with Crippen LogP contribution in [0.5, 0.6) is 0 Å². The van der Waals surface area contributed by atoms with Crippen LogP contribution < -0.4 is 10.0 Å². The van der Waals surface area contributed by atoms with Gasteiger partial charge in [0, 0.05) is 0 Å². The molecule has 0 saturated carbocycles. The van der Waals surface area contributed by atoms with E-state index in [9.17, 15) is 9.00 Å². The first kappa shape index (κ1) is 9.63. The number of rotatable bonds is 2. The highest BCUT2D eigenvalue weighted by atomic mass is 32.2. The Labute approximate surface area is 74.3 Å². The van der Waals surface area contributed by atoms with Crippen LogP contribution in [-0.4, -0.2) is 40.9 Å². The first-order valence-electron chi connectivity index (χ1n) is 3.78. The highest BCUT2D eigenvalue weighted by Gasteiger charge is 2.37. The first-order valence-corrected chi connectivity index (χ1v) is 4.93. The predicted octanol–water partition coefficient (Wildman–Crippen LogP) is -0.657. The summed E-state index contributed by atoms with van der Waals surface area (Å²) in [6.07, 6.45) is -0.233. The number of nitrogens with one attached hydrogen (secondary N) is 2. The summed E-state index contributed by atoms with van der Waals surface area (Å²) in [7, 11) is 2.36. The van der Waals surface area contributed by atoms with Crippen LogP contribution >= 0.6 is 0 Å². The molecule has 1 heterocycles. The van der Waals surface area contributed by atoms with Gasteiger partial charge in [-0.25, -0.2) is 4.21 Å². The molecular formula is C6H14N3O2S+. The zero-order chi connectivity index (χ0) is 9.35. The standard InChI is InChI=1S/C6H13N3O2S/c1-4-9(2,3)5-7-6(10)12(11)8-5/h5,8H,4H2,1-3H3/p+1. The summed E-state index contributed by atoms with van der Waals surface area (Å²) in [5.41, 5.74) is 0. The van der Waals surface area contributed by atoms with Crippen LogP contribution in [0.25, 0.3) is 0 Å². The number of nitrogens with zero attached hydrogens (tertiary/aromatic N) is 1. The third-order valence-electron chi connectivity index (χ3n) is 2.16. The summed E-state index contributed by atoms with van der Waals surface area (Å²) in [6.45, 7) is 2.87. The third kappa shape index (κ3) is 1.65. The molecule has 1 saturated heterocycles. The number of hydrogen-bond donors (Lipinski definition) is 2. The summed E-state index contributed by atoms with van der Waals surface area (Å²) in [4.78, 5) is 10.9. The molecule has 2 unspecified atom stereocenters. The molecule has 2 atom stereocenters. The van der Waals surface area contributed by atoms with E-state index in [0.29, 0.717) is 4.48 Å². The van der Waals surface area contributed by atoms with Crippen molar-refractivity contribution in [3.8, 4) is 0 Å². The molecule has 0 spiro atoms. The Bertz CT molecular complexity index is 213. The van der Waals surface area contributed by atoms with E-state index in [4.69, 9.17) is 0 Å². The van der Waals surface area contributed by atoms with Crippen molar-refractivity contribution in [3.05, 3.63) is 0 Å². The smallest absolute Gasteiger partial charge is 0.295 e. The molecule has 0 aromatic rings. The highest BCUT2D eigenvalue weighted by molar-refractivity contribution is 7.98. The molecule has 0 radical (unpaired) electrons. The van der Waals surface area contributed by atoms with E-state index in [2.05, 4.69) is 10.0 Å². The molecule has 1 fully saturated rings. The minimum atomic E-state index is -1.56. The molecule has 1 amide bonds. The van der Waals surface area contributed by atoms with Gasteiger partial charge in [0.15, 0.2) is 11.0 Å². The summed E-state index contributed by atoms with van der Waals surface area (Å²) >= 11 is 0. The molecule has 1 aliphatic heterocycles. The SMILES string of the molecule is CC[N+](C)(C)C1NC(=O)S(=O)N1. The van der Waals surface area contributed by atoms with Gasteiger partial charge in [0.05, 0.1) is 20.6 Å². The van der Waals surface area contributed by atoms with Crippen LogP contribution in [0.2, 0.25) is 0 Å². The zero-order valence-electron chi connectivity index (χ0n) is 7.46. The lowest BCUT2D eigenvalue weighted by atomic mass is 10.5. The average Bonchev–Trinajstić information content (AvgIpc) is 2.33. The Balaban J connectivity index is 2.69. The van der Waals surface area contributed by atoms with Crippen molar-refractivity contribution in [1.29, 1.82) is 0 Å². The maximum Gasteiger partial charge on any atom is 0.330 e. The van der Waals surface area contributed by atoms with Gasteiger partial charge in [-0.2, -0.15) is 4.72 Å². The molecule has 5 nitrogen and oxygen atoms in total. The number of quaternary nitrogens is 1. The fourth-order valence-electron chi connectivity index (χ4n) is 0.850. The van der Waals surface area contributed by atoms with Crippen molar-refractivity contribution in [2.75, 3.05) is 20.6 Å². The second kappa shape index (κ2) is 3.12. The minimum absolute atomic E-state index is 0.233. The quantitative estimate of drug-likeness (QED) is 0.571. The Hall–Kier alpha value is -0.460. The maximum absolute atomic E-state index is 10.9. The van der Waals surface area contributed by atoms with Gasteiger partial charge in [0.1, 0.15) is 0 Å². The van der Waals surface area contributed by atoms with Gasteiger partial charge >= 0.3 is 5.24 Å². The minimum Gasteiger partial charge on any atom is -0.295 e. The number of amides is 1. The van der Waals surface area contributed by atoms with Gasteiger partial charge < -0.3 is 0 Å². The molecule has 2 N–H and O–H groups in total. The summed E-state index contributed by atoms with van der Waals surface area (Å²) in [5, 5.41) is 2.19. The molecule has 70 valence electrons. The Kier molecular flexibility index (Phi) is 2.50. The van der Waals surface area contributed by atoms with Gasteiger partial charge in [0.25, 0.3) is 0 Å². The Morgan fingerprint density at radius 3 is 2.50 bits per heavy atom. The van der Waals surface area contributed by atoms with E-state index >= 15 is 0 Å². The molecule has 0 aliphatic carbocycles. The van der Waals surface area contributed by atoms with Crippen molar-refractivity contribution in [3.63, 3.8) is 0 Å². The van der Waals surface area contributed by atoms with Crippen LogP contribution in [0.15, 0.2) is 0 Å². The summed E-state index contributed by atoms with van der Waals surface area (Å²) in [6, 6.07) is 0. The summed E-state index contributed by atoms with van der Waals surface area (Å²) in [5.74, 6) is 0.